The monoisotopic (exact) mass is 280 g/mol. The van der Waals surface area contributed by atoms with Gasteiger partial charge in [0.1, 0.15) is 11.5 Å². The number of ether oxygens (including phenoxy) is 2. The molecule has 0 atom stereocenters. The number of hydrogen-bond acceptors (Lipinski definition) is 2. The van der Waals surface area contributed by atoms with Crippen LogP contribution in [0.2, 0.25) is 0 Å². The fourth-order valence-corrected chi connectivity index (χ4v) is 2.25. The number of benzene rings is 2. The molecule has 2 rings (SSSR count). The highest BCUT2D eigenvalue weighted by molar-refractivity contribution is 5.86. The lowest BCUT2D eigenvalue weighted by atomic mass is 9.95. The van der Waals surface area contributed by atoms with Crippen molar-refractivity contribution in [2.45, 2.75) is 6.92 Å². The summed E-state index contributed by atoms with van der Waals surface area (Å²) in [4.78, 5) is 0. The van der Waals surface area contributed by atoms with E-state index in [1.54, 1.807) is 14.2 Å². The van der Waals surface area contributed by atoms with E-state index in [1.807, 2.05) is 55.5 Å². The number of rotatable bonds is 5. The number of hydrogen-bond donors (Lipinski definition) is 0. The molecule has 0 radical (unpaired) electrons. The molecular formula is C19H20O2. The van der Waals surface area contributed by atoms with E-state index in [4.69, 9.17) is 9.47 Å². The molecule has 0 aliphatic heterocycles. The van der Waals surface area contributed by atoms with Gasteiger partial charge in [-0.1, -0.05) is 54.6 Å². The van der Waals surface area contributed by atoms with Crippen LogP contribution in [0.15, 0.2) is 66.8 Å². The van der Waals surface area contributed by atoms with Gasteiger partial charge in [0.25, 0.3) is 0 Å². The van der Waals surface area contributed by atoms with Crippen molar-refractivity contribution < 1.29 is 9.47 Å². The van der Waals surface area contributed by atoms with Crippen molar-refractivity contribution in [3.05, 3.63) is 77.9 Å². The van der Waals surface area contributed by atoms with Crippen LogP contribution in [-0.4, -0.2) is 14.2 Å². The van der Waals surface area contributed by atoms with Crippen molar-refractivity contribution in [1.82, 2.24) is 0 Å². The second kappa shape index (κ2) is 7.34. The summed E-state index contributed by atoms with van der Waals surface area (Å²) in [5.74, 6) is 1.69. The number of para-hydroxylation sites is 2. The lowest BCUT2D eigenvalue weighted by Gasteiger charge is -2.15. The molecule has 21 heavy (non-hydrogen) atoms. The molecular weight excluding hydrogens is 260 g/mol. The van der Waals surface area contributed by atoms with Crippen LogP contribution in [0.25, 0.3) is 5.57 Å². The van der Waals surface area contributed by atoms with Crippen LogP contribution in [0.4, 0.5) is 0 Å². The van der Waals surface area contributed by atoms with Crippen molar-refractivity contribution in [2.75, 3.05) is 14.2 Å². The van der Waals surface area contributed by atoms with Gasteiger partial charge in [-0.2, -0.15) is 0 Å². The molecule has 108 valence electrons. The minimum atomic E-state index is 0.846. The summed E-state index contributed by atoms with van der Waals surface area (Å²) in [6.45, 7) is 2.00. The topological polar surface area (TPSA) is 18.5 Å². The van der Waals surface area contributed by atoms with Crippen molar-refractivity contribution >= 4 is 5.57 Å². The lowest BCUT2D eigenvalue weighted by Crippen LogP contribution is -1.96. The van der Waals surface area contributed by atoms with Gasteiger partial charge in [0.15, 0.2) is 0 Å². The molecule has 2 aromatic rings. The maximum absolute atomic E-state index is 5.50. The van der Waals surface area contributed by atoms with Gasteiger partial charge in [-0.3, -0.25) is 0 Å². The van der Waals surface area contributed by atoms with Crippen LogP contribution in [0.3, 0.4) is 0 Å². The van der Waals surface area contributed by atoms with E-state index in [1.165, 1.54) is 0 Å². The summed E-state index contributed by atoms with van der Waals surface area (Å²) in [7, 11) is 3.38. The number of methoxy groups -OCH3 is 2. The van der Waals surface area contributed by atoms with E-state index in [9.17, 15) is 0 Å². The zero-order valence-corrected chi connectivity index (χ0v) is 12.7. The Kier molecular flexibility index (Phi) is 5.22. The Balaban J connectivity index is 2.64. The molecule has 0 saturated carbocycles. The average Bonchev–Trinajstić information content (AvgIpc) is 2.56. The Bertz CT molecular complexity index is 605. The van der Waals surface area contributed by atoms with Crippen LogP contribution in [0, 0.1) is 0 Å². The molecule has 0 fully saturated rings. The third-order valence-corrected chi connectivity index (χ3v) is 3.25. The quantitative estimate of drug-likeness (QED) is 0.738. The molecule has 0 aliphatic carbocycles. The molecule has 0 bridgehead atoms. The van der Waals surface area contributed by atoms with Crippen LogP contribution >= 0.6 is 0 Å². The molecule has 2 heteroatoms. The molecule has 0 amide bonds. The van der Waals surface area contributed by atoms with Gasteiger partial charge in [0.05, 0.1) is 14.2 Å². The van der Waals surface area contributed by atoms with E-state index in [2.05, 4.69) is 18.2 Å². The Morgan fingerprint density at radius 2 is 1.29 bits per heavy atom. The van der Waals surface area contributed by atoms with Crippen LogP contribution in [-0.2, 0) is 0 Å². The van der Waals surface area contributed by atoms with E-state index in [0.29, 0.717) is 0 Å². The third kappa shape index (κ3) is 3.34. The minimum Gasteiger partial charge on any atom is -0.496 e. The highest BCUT2D eigenvalue weighted by Crippen LogP contribution is 2.35. The molecule has 0 aliphatic rings. The van der Waals surface area contributed by atoms with E-state index < -0.39 is 0 Å². The summed E-state index contributed by atoms with van der Waals surface area (Å²) in [6.07, 6.45) is 6.11. The Morgan fingerprint density at radius 1 is 0.810 bits per heavy atom. The normalized spacial score (nSPS) is 10.4. The summed E-state index contributed by atoms with van der Waals surface area (Å²) in [5, 5.41) is 0. The Hall–Kier alpha value is -2.48. The van der Waals surface area contributed by atoms with Crippen molar-refractivity contribution in [3.63, 3.8) is 0 Å². The fourth-order valence-electron chi connectivity index (χ4n) is 2.25. The smallest absolute Gasteiger partial charge is 0.126 e. The number of allylic oxidation sites excluding steroid dienone is 3. The highest BCUT2D eigenvalue weighted by atomic mass is 16.5. The molecule has 0 heterocycles. The second-order valence-corrected chi connectivity index (χ2v) is 4.51. The maximum atomic E-state index is 5.50. The van der Waals surface area contributed by atoms with Gasteiger partial charge in [0.2, 0.25) is 0 Å². The zero-order chi connectivity index (χ0) is 15.1. The van der Waals surface area contributed by atoms with Crippen LogP contribution in [0.1, 0.15) is 18.1 Å². The van der Waals surface area contributed by atoms with Gasteiger partial charge in [-0.25, -0.2) is 0 Å². The molecule has 2 aromatic carbocycles. The second-order valence-electron chi connectivity index (χ2n) is 4.51. The first-order chi connectivity index (χ1) is 10.3. The molecule has 0 saturated heterocycles. The molecule has 2 nitrogen and oxygen atoms in total. The lowest BCUT2D eigenvalue weighted by molar-refractivity contribution is 0.411. The van der Waals surface area contributed by atoms with Gasteiger partial charge >= 0.3 is 0 Å². The van der Waals surface area contributed by atoms with E-state index in [0.717, 1.165) is 28.2 Å². The van der Waals surface area contributed by atoms with E-state index >= 15 is 0 Å². The highest BCUT2D eigenvalue weighted by Gasteiger charge is 2.13. The summed E-state index contributed by atoms with van der Waals surface area (Å²) >= 11 is 0. The van der Waals surface area contributed by atoms with Gasteiger partial charge in [-0.05, 0) is 24.6 Å². The summed E-state index contributed by atoms with van der Waals surface area (Å²) in [5.41, 5.74) is 3.16. The molecule has 0 spiro atoms. The Morgan fingerprint density at radius 3 is 1.71 bits per heavy atom. The Labute approximate surface area is 126 Å². The first kappa shape index (κ1) is 14.9. The van der Waals surface area contributed by atoms with Crippen molar-refractivity contribution in [3.8, 4) is 11.5 Å². The predicted octanol–water partition coefficient (Wildman–Crippen LogP) is 4.71. The summed E-state index contributed by atoms with van der Waals surface area (Å²) in [6, 6.07) is 16.0. The average molecular weight is 280 g/mol. The van der Waals surface area contributed by atoms with Crippen LogP contribution < -0.4 is 9.47 Å². The maximum Gasteiger partial charge on any atom is 0.126 e. The van der Waals surface area contributed by atoms with Gasteiger partial charge < -0.3 is 9.47 Å². The largest absolute Gasteiger partial charge is 0.496 e. The SMILES string of the molecule is C/C=C/C=C(c1ccccc1OC)c1ccccc1OC. The first-order valence-electron chi connectivity index (χ1n) is 6.91. The van der Waals surface area contributed by atoms with E-state index in [-0.39, 0.29) is 0 Å². The van der Waals surface area contributed by atoms with Crippen molar-refractivity contribution in [2.24, 2.45) is 0 Å². The van der Waals surface area contributed by atoms with Gasteiger partial charge in [-0.15, -0.1) is 0 Å². The minimum absolute atomic E-state index is 0.846. The zero-order valence-electron chi connectivity index (χ0n) is 12.7. The van der Waals surface area contributed by atoms with Crippen LogP contribution in [0.5, 0.6) is 11.5 Å². The summed E-state index contributed by atoms with van der Waals surface area (Å²) < 4.78 is 11.0. The molecule has 0 aromatic heterocycles. The third-order valence-electron chi connectivity index (χ3n) is 3.25. The standard InChI is InChI=1S/C19H20O2/c1-4-5-10-15(16-11-6-8-13-18(16)20-2)17-12-7-9-14-19(17)21-3/h4-14H,1-3H3/b5-4+. The first-order valence-corrected chi connectivity index (χ1v) is 6.91. The van der Waals surface area contributed by atoms with Crippen molar-refractivity contribution in [1.29, 1.82) is 0 Å². The molecule has 0 unspecified atom stereocenters. The van der Waals surface area contributed by atoms with Gasteiger partial charge in [0, 0.05) is 11.1 Å². The molecule has 0 N–H and O–H groups in total. The predicted molar refractivity (Wildman–Crippen MR) is 87.9 cm³/mol. The fraction of sp³-hybridized carbons (Fsp3) is 0.158.